The molecule has 0 amide bonds. The predicted octanol–water partition coefficient (Wildman–Crippen LogP) is 1.60. The normalized spacial score (nSPS) is 16.9. The molecule has 1 fully saturated rings. The Hall–Kier alpha value is -1.53. The molecule has 78 valence electrons. The van der Waals surface area contributed by atoms with Crippen LogP contribution in [0.15, 0.2) is 18.2 Å². The van der Waals surface area contributed by atoms with E-state index in [9.17, 15) is 0 Å². The molecular formula is C12H14N2O. The van der Waals surface area contributed by atoms with Crippen molar-refractivity contribution >= 4 is 0 Å². The second-order valence-electron chi connectivity index (χ2n) is 4.18. The van der Waals surface area contributed by atoms with E-state index in [2.05, 4.69) is 6.07 Å². The topological polar surface area (TPSA) is 59.0 Å². The van der Waals surface area contributed by atoms with E-state index in [0.29, 0.717) is 5.56 Å². The Morgan fingerprint density at radius 1 is 1.53 bits per heavy atom. The van der Waals surface area contributed by atoms with E-state index in [4.69, 9.17) is 15.7 Å². The van der Waals surface area contributed by atoms with Crippen molar-refractivity contribution in [1.29, 1.82) is 5.26 Å². The van der Waals surface area contributed by atoms with Gasteiger partial charge in [0.15, 0.2) is 0 Å². The molecule has 1 aliphatic carbocycles. The Labute approximate surface area is 89.5 Å². The smallest absolute Gasteiger partial charge is 0.122 e. The first-order valence-electron chi connectivity index (χ1n) is 5.03. The number of nitrogens with zero attached hydrogens (tertiary/aromatic N) is 1. The van der Waals surface area contributed by atoms with Gasteiger partial charge < -0.3 is 10.5 Å². The molecule has 1 saturated carbocycles. The van der Waals surface area contributed by atoms with Crippen LogP contribution in [0.4, 0.5) is 0 Å². The van der Waals surface area contributed by atoms with Crippen LogP contribution < -0.4 is 10.5 Å². The van der Waals surface area contributed by atoms with Crippen molar-refractivity contribution in [1.82, 2.24) is 0 Å². The van der Waals surface area contributed by atoms with Crippen molar-refractivity contribution < 1.29 is 4.74 Å². The van der Waals surface area contributed by atoms with E-state index >= 15 is 0 Å². The molecule has 0 radical (unpaired) electrons. The number of hydrogen-bond donors (Lipinski definition) is 1. The van der Waals surface area contributed by atoms with Crippen LogP contribution >= 0.6 is 0 Å². The van der Waals surface area contributed by atoms with Gasteiger partial charge in [0.1, 0.15) is 5.75 Å². The van der Waals surface area contributed by atoms with Crippen LogP contribution in [-0.2, 0) is 6.42 Å². The fraction of sp³-hybridized carbons (Fsp3) is 0.417. The summed E-state index contributed by atoms with van der Waals surface area (Å²) in [6.45, 7) is 0. The lowest BCUT2D eigenvalue weighted by atomic mass is 10.0. The molecule has 0 atom stereocenters. The molecular weight excluding hydrogens is 188 g/mol. The maximum Gasteiger partial charge on any atom is 0.122 e. The number of ether oxygens (including phenoxy) is 1. The van der Waals surface area contributed by atoms with Gasteiger partial charge in [0.2, 0.25) is 0 Å². The highest BCUT2D eigenvalue weighted by Gasteiger charge is 2.38. The molecule has 0 aromatic heterocycles. The fourth-order valence-electron chi connectivity index (χ4n) is 1.70. The van der Waals surface area contributed by atoms with E-state index in [1.54, 1.807) is 13.2 Å². The van der Waals surface area contributed by atoms with Gasteiger partial charge >= 0.3 is 0 Å². The molecule has 0 aliphatic heterocycles. The summed E-state index contributed by atoms with van der Waals surface area (Å²) in [5, 5.41) is 8.82. The van der Waals surface area contributed by atoms with Gasteiger partial charge in [0, 0.05) is 5.54 Å². The van der Waals surface area contributed by atoms with Gasteiger partial charge in [-0.1, -0.05) is 0 Å². The Morgan fingerprint density at radius 2 is 2.27 bits per heavy atom. The molecule has 0 saturated heterocycles. The van der Waals surface area contributed by atoms with E-state index in [-0.39, 0.29) is 5.54 Å². The van der Waals surface area contributed by atoms with Crippen molar-refractivity contribution in [2.45, 2.75) is 24.8 Å². The highest BCUT2D eigenvalue weighted by molar-refractivity contribution is 5.43. The minimum absolute atomic E-state index is 0.0542. The van der Waals surface area contributed by atoms with Gasteiger partial charge in [-0.05, 0) is 43.0 Å². The third-order valence-corrected chi connectivity index (χ3v) is 2.84. The molecule has 1 aromatic carbocycles. The molecule has 15 heavy (non-hydrogen) atoms. The first-order chi connectivity index (χ1) is 7.17. The summed E-state index contributed by atoms with van der Waals surface area (Å²) in [5.41, 5.74) is 7.70. The van der Waals surface area contributed by atoms with Crippen LogP contribution in [0.25, 0.3) is 0 Å². The average molecular weight is 202 g/mol. The fourth-order valence-corrected chi connectivity index (χ4v) is 1.70. The molecule has 0 bridgehead atoms. The number of hydrogen-bond acceptors (Lipinski definition) is 3. The monoisotopic (exact) mass is 202 g/mol. The van der Waals surface area contributed by atoms with Gasteiger partial charge in [-0.3, -0.25) is 0 Å². The number of rotatable bonds is 3. The molecule has 3 heteroatoms. The van der Waals surface area contributed by atoms with Crippen molar-refractivity contribution in [3.63, 3.8) is 0 Å². The van der Waals surface area contributed by atoms with E-state index in [1.165, 1.54) is 0 Å². The predicted molar refractivity (Wildman–Crippen MR) is 57.6 cm³/mol. The Balaban J connectivity index is 2.30. The Bertz CT molecular complexity index is 416. The zero-order valence-corrected chi connectivity index (χ0v) is 8.79. The van der Waals surface area contributed by atoms with Crippen LogP contribution in [-0.4, -0.2) is 12.6 Å². The standard InChI is InChI=1S/C12H14N2O/c1-15-11-3-2-9(8-13)6-10(11)7-12(14)4-5-12/h2-3,6H,4-5,7,14H2,1H3. The number of benzene rings is 1. The summed E-state index contributed by atoms with van der Waals surface area (Å²) in [5.74, 6) is 0.825. The van der Waals surface area contributed by atoms with Crippen LogP contribution in [0.3, 0.4) is 0 Å². The molecule has 0 heterocycles. The van der Waals surface area contributed by atoms with Crippen molar-refractivity contribution in [2.75, 3.05) is 7.11 Å². The maximum atomic E-state index is 8.82. The summed E-state index contributed by atoms with van der Waals surface area (Å²) >= 11 is 0. The van der Waals surface area contributed by atoms with Gasteiger partial charge in [-0.2, -0.15) is 5.26 Å². The lowest BCUT2D eigenvalue weighted by Gasteiger charge is -2.12. The van der Waals surface area contributed by atoms with Crippen LogP contribution in [0.2, 0.25) is 0 Å². The zero-order chi connectivity index (χ0) is 10.9. The molecule has 2 N–H and O–H groups in total. The highest BCUT2D eigenvalue weighted by atomic mass is 16.5. The molecule has 2 rings (SSSR count). The quantitative estimate of drug-likeness (QED) is 0.809. The minimum atomic E-state index is -0.0542. The van der Waals surface area contributed by atoms with E-state index in [1.807, 2.05) is 12.1 Å². The minimum Gasteiger partial charge on any atom is -0.496 e. The van der Waals surface area contributed by atoms with E-state index in [0.717, 1.165) is 30.6 Å². The first kappa shape index (κ1) is 10.0. The highest BCUT2D eigenvalue weighted by Crippen LogP contribution is 2.37. The largest absolute Gasteiger partial charge is 0.496 e. The number of methoxy groups -OCH3 is 1. The van der Waals surface area contributed by atoms with Crippen molar-refractivity contribution in [3.05, 3.63) is 29.3 Å². The van der Waals surface area contributed by atoms with E-state index < -0.39 is 0 Å². The number of nitrogens with two attached hydrogens (primary N) is 1. The molecule has 0 spiro atoms. The molecule has 0 unspecified atom stereocenters. The summed E-state index contributed by atoms with van der Waals surface area (Å²) < 4.78 is 5.25. The van der Waals surface area contributed by atoms with Gasteiger partial charge in [0.25, 0.3) is 0 Å². The van der Waals surface area contributed by atoms with Gasteiger partial charge in [0.05, 0.1) is 18.7 Å². The molecule has 3 nitrogen and oxygen atoms in total. The van der Waals surface area contributed by atoms with Gasteiger partial charge in [-0.15, -0.1) is 0 Å². The third kappa shape index (κ3) is 2.11. The zero-order valence-electron chi connectivity index (χ0n) is 8.79. The molecule has 1 aromatic rings. The SMILES string of the molecule is COc1ccc(C#N)cc1CC1(N)CC1. The van der Waals surface area contributed by atoms with Crippen molar-refractivity contribution in [3.8, 4) is 11.8 Å². The Morgan fingerprint density at radius 3 is 2.80 bits per heavy atom. The Kier molecular flexibility index (Phi) is 2.37. The summed E-state index contributed by atoms with van der Waals surface area (Å²) in [6, 6.07) is 7.59. The number of nitriles is 1. The lowest BCUT2D eigenvalue weighted by Crippen LogP contribution is -2.24. The second kappa shape index (κ2) is 3.56. The molecule has 1 aliphatic rings. The van der Waals surface area contributed by atoms with Crippen molar-refractivity contribution in [2.24, 2.45) is 5.73 Å². The summed E-state index contributed by atoms with van der Waals surface area (Å²) in [4.78, 5) is 0. The third-order valence-electron chi connectivity index (χ3n) is 2.84. The average Bonchev–Trinajstić information content (AvgIpc) is 2.96. The van der Waals surface area contributed by atoms with Crippen LogP contribution in [0.5, 0.6) is 5.75 Å². The lowest BCUT2D eigenvalue weighted by molar-refractivity contribution is 0.407. The first-order valence-corrected chi connectivity index (χ1v) is 5.03. The second-order valence-corrected chi connectivity index (χ2v) is 4.18. The van der Waals surface area contributed by atoms with Crippen LogP contribution in [0, 0.1) is 11.3 Å². The summed E-state index contributed by atoms with van der Waals surface area (Å²) in [6.07, 6.45) is 2.92. The van der Waals surface area contributed by atoms with Crippen LogP contribution in [0.1, 0.15) is 24.0 Å². The van der Waals surface area contributed by atoms with Gasteiger partial charge in [-0.25, -0.2) is 0 Å². The summed E-state index contributed by atoms with van der Waals surface area (Å²) in [7, 11) is 1.64. The maximum absolute atomic E-state index is 8.82.